The van der Waals surface area contributed by atoms with Crippen molar-refractivity contribution in [2.45, 2.75) is 51.6 Å². The average molecular weight is 281 g/mol. The lowest BCUT2D eigenvalue weighted by molar-refractivity contribution is -0.139. The summed E-state index contributed by atoms with van der Waals surface area (Å²) in [5.74, 6) is -0.115. The van der Waals surface area contributed by atoms with Crippen molar-refractivity contribution in [3.05, 3.63) is 0 Å². The second-order valence-electron chi connectivity index (χ2n) is 5.36. The monoisotopic (exact) mass is 281 g/mol. The van der Waals surface area contributed by atoms with Gasteiger partial charge in [0.25, 0.3) is 0 Å². The molecule has 0 aromatic carbocycles. The summed E-state index contributed by atoms with van der Waals surface area (Å²) in [5.41, 5.74) is 0. The van der Waals surface area contributed by atoms with Gasteiger partial charge in [-0.15, -0.1) is 0 Å². The molecule has 1 heterocycles. The topological polar surface area (TPSA) is 69.7 Å². The Kier molecular flexibility index (Phi) is 4.75. The van der Waals surface area contributed by atoms with E-state index in [-0.39, 0.29) is 30.2 Å². The van der Waals surface area contributed by atoms with Gasteiger partial charge in [-0.25, -0.2) is 0 Å². The average Bonchev–Trinajstić information content (AvgIpc) is 3.19. The maximum absolute atomic E-state index is 12.1. The molecule has 6 heteroatoms. The maximum Gasteiger partial charge on any atom is 0.247 e. The van der Waals surface area contributed by atoms with Gasteiger partial charge in [-0.2, -0.15) is 0 Å². The molecule has 1 saturated carbocycles. The van der Waals surface area contributed by atoms with E-state index < -0.39 is 6.04 Å². The summed E-state index contributed by atoms with van der Waals surface area (Å²) in [4.78, 5) is 38.8. The normalized spacial score (nSPS) is 22.5. The van der Waals surface area contributed by atoms with E-state index >= 15 is 0 Å². The first-order valence-electron chi connectivity index (χ1n) is 7.45. The Bertz CT molecular complexity index is 402. The Hall–Kier alpha value is -1.43. The van der Waals surface area contributed by atoms with Crippen molar-refractivity contribution < 1.29 is 14.4 Å². The lowest BCUT2D eigenvalue weighted by Crippen LogP contribution is -2.41. The summed E-state index contributed by atoms with van der Waals surface area (Å²) in [5, 5.41) is 3.05. The summed E-state index contributed by atoms with van der Waals surface area (Å²) in [6, 6.07) is -0.299. The Morgan fingerprint density at radius 3 is 2.50 bits per heavy atom. The lowest BCUT2D eigenvalue weighted by atomic mass is 10.2. The first-order valence-corrected chi connectivity index (χ1v) is 7.45. The van der Waals surface area contributed by atoms with Gasteiger partial charge in [0.15, 0.2) is 0 Å². The molecule has 1 saturated heterocycles. The maximum atomic E-state index is 12.1. The Morgan fingerprint density at radius 2 is 1.95 bits per heavy atom. The number of imide groups is 1. The molecule has 1 N–H and O–H groups in total. The van der Waals surface area contributed by atoms with Crippen LogP contribution in [0.1, 0.15) is 39.5 Å². The Morgan fingerprint density at radius 1 is 1.30 bits per heavy atom. The van der Waals surface area contributed by atoms with Crippen LogP contribution in [0.25, 0.3) is 0 Å². The van der Waals surface area contributed by atoms with Crippen LogP contribution in [-0.4, -0.2) is 59.2 Å². The first-order chi connectivity index (χ1) is 9.58. The van der Waals surface area contributed by atoms with E-state index in [1.54, 1.807) is 4.90 Å². The van der Waals surface area contributed by atoms with Gasteiger partial charge in [-0.05, 0) is 26.7 Å². The van der Waals surface area contributed by atoms with Gasteiger partial charge in [0.1, 0.15) is 0 Å². The van der Waals surface area contributed by atoms with Gasteiger partial charge in [0.05, 0.1) is 12.5 Å². The number of hydrogen-bond acceptors (Lipinski definition) is 4. The highest BCUT2D eigenvalue weighted by Crippen LogP contribution is 2.31. The number of carbonyl (C=O) groups excluding carboxylic acids is 3. The number of amides is 3. The van der Waals surface area contributed by atoms with Crippen molar-refractivity contribution in [2.75, 3.05) is 19.6 Å². The highest BCUT2D eigenvalue weighted by molar-refractivity contribution is 6.06. The third kappa shape index (κ3) is 3.17. The third-order valence-electron chi connectivity index (χ3n) is 3.94. The summed E-state index contributed by atoms with van der Waals surface area (Å²) in [7, 11) is 0. The van der Waals surface area contributed by atoms with E-state index in [0.29, 0.717) is 26.1 Å². The standard InChI is InChI=1S/C14H23N3O3/c1-3-16(4-2)12(18)7-8-15-11-9-13(19)17(14(11)20)10-5-6-10/h10-11,15H,3-9H2,1-2H3. The summed E-state index contributed by atoms with van der Waals surface area (Å²) in [6.45, 7) is 5.73. The molecule has 2 aliphatic rings. The molecular formula is C14H23N3O3. The van der Waals surface area contributed by atoms with Gasteiger partial charge >= 0.3 is 0 Å². The number of carbonyl (C=O) groups is 3. The molecule has 112 valence electrons. The third-order valence-corrected chi connectivity index (χ3v) is 3.94. The predicted molar refractivity (Wildman–Crippen MR) is 73.8 cm³/mol. The molecule has 1 aliphatic heterocycles. The van der Waals surface area contributed by atoms with Crippen LogP contribution in [-0.2, 0) is 14.4 Å². The number of nitrogens with zero attached hydrogens (tertiary/aromatic N) is 2. The van der Waals surface area contributed by atoms with Crippen LogP contribution < -0.4 is 5.32 Å². The molecule has 2 fully saturated rings. The molecule has 0 aromatic heterocycles. The van der Waals surface area contributed by atoms with E-state index in [2.05, 4.69) is 5.32 Å². The quantitative estimate of drug-likeness (QED) is 0.673. The van der Waals surface area contributed by atoms with Gasteiger partial charge in [0, 0.05) is 32.1 Å². The lowest BCUT2D eigenvalue weighted by Gasteiger charge is -2.19. The smallest absolute Gasteiger partial charge is 0.247 e. The molecule has 20 heavy (non-hydrogen) atoms. The largest absolute Gasteiger partial charge is 0.343 e. The minimum atomic E-state index is -0.437. The number of likely N-dealkylation sites (tertiary alicyclic amines) is 1. The fourth-order valence-electron chi connectivity index (χ4n) is 2.61. The molecular weight excluding hydrogens is 258 g/mol. The van der Waals surface area contributed by atoms with E-state index in [9.17, 15) is 14.4 Å². The molecule has 6 nitrogen and oxygen atoms in total. The molecule has 1 aliphatic carbocycles. The van der Waals surface area contributed by atoms with Crippen molar-refractivity contribution in [3.8, 4) is 0 Å². The zero-order chi connectivity index (χ0) is 14.7. The zero-order valence-corrected chi connectivity index (χ0v) is 12.2. The molecule has 2 rings (SSSR count). The van der Waals surface area contributed by atoms with Crippen molar-refractivity contribution in [2.24, 2.45) is 0 Å². The fourth-order valence-corrected chi connectivity index (χ4v) is 2.61. The van der Waals surface area contributed by atoms with Gasteiger partial charge in [0.2, 0.25) is 17.7 Å². The molecule has 0 bridgehead atoms. The van der Waals surface area contributed by atoms with Gasteiger partial charge in [-0.3, -0.25) is 19.3 Å². The van der Waals surface area contributed by atoms with Gasteiger partial charge < -0.3 is 10.2 Å². The van der Waals surface area contributed by atoms with Crippen molar-refractivity contribution in [3.63, 3.8) is 0 Å². The zero-order valence-electron chi connectivity index (χ0n) is 12.2. The molecule has 1 atom stereocenters. The number of nitrogens with one attached hydrogen (secondary N) is 1. The van der Waals surface area contributed by atoms with Crippen LogP contribution in [0.4, 0.5) is 0 Å². The van der Waals surface area contributed by atoms with Crippen molar-refractivity contribution in [1.82, 2.24) is 15.1 Å². The van der Waals surface area contributed by atoms with Crippen molar-refractivity contribution >= 4 is 17.7 Å². The van der Waals surface area contributed by atoms with Crippen LogP contribution in [0, 0.1) is 0 Å². The van der Waals surface area contributed by atoms with Crippen LogP contribution >= 0.6 is 0 Å². The fraction of sp³-hybridized carbons (Fsp3) is 0.786. The SMILES string of the molecule is CCN(CC)C(=O)CCNC1CC(=O)N(C2CC2)C1=O. The van der Waals surface area contributed by atoms with Crippen LogP contribution in [0.5, 0.6) is 0 Å². The minimum Gasteiger partial charge on any atom is -0.343 e. The van der Waals surface area contributed by atoms with E-state index in [1.165, 1.54) is 4.90 Å². The van der Waals surface area contributed by atoms with E-state index in [0.717, 1.165) is 12.8 Å². The first kappa shape index (κ1) is 15.0. The Balaban J connectivity index is 1.76. The van der Waals surface area contributed by atoms with Crippen molar-refractivity contribution in [1.29, 1.82) is 0 Å². The predicted octanol–water partition coefficient (Wildman–Crippen LogP) is 0.124. The molecule has 0 aromatic rings. The molecule has 0 spiro atoms. The van der Waals surface area contributed by atoms with E-state index in [4.69, 9.17) is 0 Å². The highest BCUT2D eigenvalue weighted by atomic mass is 16.2. The van der Waals surface area contributed by atoms with E-state index in [1.807, 2.05) is 13.8 Å². The molecule has 1 unspecified atom stereocenters. The second kappa shape index (κ2) is 6.35. The highest BCUT2D eigenvalue weighted by Gasteiger charge is 2.45. The van der Waals surface area contributed by atoms with Crippen LogP contribution in [0.15, 0.2) is 0 Å². The Labute approximate surface area is 119 Å². The summed E-state index contributed by atoms with van der Waals surface area (Å²) >= 11 is 0. The minimum absolute atomic E-state index is 0.0786. The van der Waals surface area contributed by atoms with Crippen LogP contribution in [0.2, 0.25) is 0 Å². The molecule has 3 amide bonds. The van der Waals surface area contributed by atoms with Crippen LogP contribution in [0.3, 0.4) is 0 Å². The summed E-state index contributed by atoms with van der Waals surface area (Å²) < 4.78 is 0. The van der Waals surface area contributed by atoms with Gasteiger partial charge in [-0.1, -0.05) is 0 Å². The number of rotatable bonds is 7. The number of hydrogen-bond donors (Lipinski definition) is 1. The molecule has 0 radical (unpaired) electrons. The second-order valence-corrected chi connectivity index (χ2v) is 5.36. The summed E-state index contributed by atoms with van der Waals surface area (Å²) in [6.07, 6.45) is 2.47.